The Morgan fingerprint density at radius 2 is 2.05 bits per heavy atom. The number of carbonyl (C=O) groups excluding carboxylic acids is 1. The highest BCUT2D eigenvalue weighted by atomic mass is 35.5. The molecular weight excluding hydrogens is 349 g/mol. The van der Waals surface area contributed by atoms with Crippen molar-refractivity contribution in [1.82, 2.24) is 10.6 Å². The van der Waals surface area contributed by atoms with Crippen LogP contribution in [-0.4, -0.2) is 39.8 Å². The minimum atomic E-state index is -3.53. The Kier molecular flexibility index (Phi) is 5.41. The second kappa shape index (κ2) is 6.93. The fourth-order valence-corrected chi connectivity index (χ4v) is 3.38. The molecule has 1 aliphatic rings. The molecule has 1 fully saturated rings. The predicted octanol–water partition coefficient (Wildman–Crippen LogP) is 2.22. The lowest BCUT2D eigenvalue weighted by Gasteiger charge is -2.23. The van der Waals surface area contributed by atoms with Gasteiger partial charge in [-0.1, -0.05) is 23.2 Å². The van der Waals surface area contributed by atoms with E-state index in [1.807, 2.05) is 0 Å². The number of anilines is 1. The molecule has 0 unspecified atom stereocenters. The lowest BCUT2D eigenvalue weighted by atomic mass is 10.3. The third-order valence-electron chi connectivity index (χ3n) is 3.09. The van der Waals surface area contributed by atoms with E-state index in [0.717, 1.165) is 23.4 Å². The van der Waals surface area contributed by atoms with Crippen molar-refractivity contribution >= 4 is 44.9 Å². The van der Waals surface area contributed by atoms with Crippen LogP contribution in [0.5, 0.6) is 0 Å². The number of rotatable bonds is 6. The second-order valence-electron chi connectivity index (χ2n) is 5.11. The molecule has 0 heterocycles. The zero-order valence-corrected chi connectivity index (χ0v) is 14.3. The zero-order valence-electron chi connectivity index (χ0n) is 12.0. The summed E-state index contributed by atoms with van der Waals surface area (Å²) in [6, 6.07) is 4.53. The van der Waals surface area contributed by atoms with Crippen LogP contribution >= 0.6 is 23.2 Å². The van der Waals surface area contributed by atoms with Crippen LogP contribution in [0.2, 0.25) is 10.0 Å². The van der Waals surface area contributed by atoms with E-state index in [4.69, 9.17) is 23.2 Å². The maximum absolute atomic E-state index is 11.9. The third kappa shape index (κ3) is 4.93. The maximum Gasteiger partial charge on any atom is 0.315 e. The number of carbonyl (C=O) groups is 1. The van der Waals surface area contributed by atoms with Gasteiger partial charge in [0, 0.05) is 17.6 Å². The van der Waals surface area contributed by atoms with Gasteiger partial charge in [0.2, 0.25) is 10.0 Å². The first-order valence-corrected chi connectivity index (χ1v) is 9.35. The second-order valence-corrected chi connectivity index (χ2v) is 7.86. The highest BCUT2D eigenvalue weighted by Crippen LogP contribution is 2.30. The highest BCUT2D eigenvalue weighted by Gasteiger charge is 2.24. The van der Waals surface area contributed by atoms with Gasteiger partial charge >= 0.3 is 6.03 Å². The van der Waals surface area contributed by atoms with Gasteiger partial charge in [0.15, 0.2) is 0 Å². The summed E-state index contributed by atoms with van der Waals surface area (Å²) >= 11 is 11.9. The van der Waals surface area contributed by atoms with Gasteiger partial charge < -0.3 is 10.6 Å². The summed E-state index contributed by atoms with van der Waals surface area (Å²) in [6.45, 7) is 0.253. The first kappa shape index (κ1) is 17.2. The fraction of sp³-hybridized carbons (Fsp3) is 0.462. The molecule has 2 rings (SSSR count). The molecule has 0 saturated heterocycles. The molecule has 1 aromatic rings. The summed E-state index contributed by atoms with van der Waals surface area (Å²) in [5.41, 5.74) is 0.331. The van der Waals surface area contributed by atoms with E-state index in [9.17, 15) is 13.2 Å². The lowest BCUT2D eigenvalue weighted by Crippen LogP contribution is -2.42. The number of nitrogens with zero attached hydrogens (tertiary/aromatic N) is 1. The molecule has 0 bridgehead atoms. The Bertz CT molecular complexity index is 662. The number of urea groups is 1. The Morgan fingerprint density at radius 3 is 2.59 bits per heavy atom. The summed E-state index contributed by atoms with van der Waals surface area (Å²) in [7, 11) is -3.53. The van der Waals surface area contributed by atoms with Crippen LogP contribution in [0, 0.1) is 0 Å². The van der Waals surface area contributed by atoms with Crippen LogP contribution in [0.25, 0.3) is 0 Å². The van der Waals surface area contributed by atoms with Crippen LogP contribution in [-0.2, 0) is 10.0 Å². The van der Waals surface area contributed by atoms with Crippen molar-refractivity contribution in [3.63, 3.8) is 0 Å². The number of sulfonamides is 1. The van der Waals surface area contributed by atoms with Gasteiger partial charge in [-0.25, -0.2) is 13.2 Å². The number of hydrogen-bond donors (Lipinski definition) is 2. The van der Waals surface area contributed by atoms with Crippen LogP contribution in [0.15, 0.2) is 18.2 Å². The first-order chi connectivity index (χ1) is 10.3. The molecule has 1 saturated carbocycles. The van der Waals surface area contributed by atoms with Crippen LogP contribution < -0.4 is 14.9 Å². The molecule has 0 radical (unpaired) electrons. The smallest absolute Gasteiger partial charge is 0.315 e. The van der Waals surface area contributed by atoms with E-state index in [0.29, 0.717) is 10.7 Å². The Hall–Kier alpha value is -1.18. The van der Waals surface area contributed by atoms with E-state index in [1.54, 1.807) is 6.07 Å². The minimum Gasteiger partial charge on any atom is -0.336 e. The molecule has 1 aliphatic carbocycles. The van der Waals surface area contributed by atoms with Crippen LogP contribution in [0.3, 0.4) is 0 Å². The average Bonchev–Trinajstić information content (AvgIpc) is 3.18. The molecule has 0 atom stereocenters. The monoisotopic (exact) mass is 365 g/mol. The van der Waals surface area contributed by atoms with Gasteiger partial charge in [0.25, 0.3) is 0 Å². The number of halogens is 2. The van der Waals surface area contributed by atoms with E-state index in [-0.39, 0.29) is 30.2 Å². The summed E-state index contributed by atoms with van der Waals surface area (Å²) < 4.78 is 25.0. The minimum absolute atomic E-state index is 0.0816. The largest absolute Gasteiger partial charge is 0.336 e. The van der Waals surface area contributed by atoms with E-state index in [1.165, 1.54) is 12.1 Å². The maximum atomic E-state index is 11.9. The van der Waals surface area contributed by atoms with Crippen molar-refractivity contribution in [3.05, 3.63) is 28.2 Å². The zero-order chi connectivity index (χ0) is 16.3. The summed E-state index contributed by atoms with van der Waals surface area (Å²) in [6.07, 6.45) is 3.06. The SMILES string of the molecule is CS(=O)(=O)N(CCNC(=O)NC1CC1)c1ccc(Cl)cc1Cl. The summed E-state index contributed by atoms with van der Waals surface area (Å²) in [5.74, 6) is 0. The van der Waals surface area contributed by atoms with Gasteiger partial charge in [0.1, 0.15) is 0 Å². The van der Waals surface area contributed by atoms with Gasteiger partial charge in [-0.3, -0.25) is 4.31 Å². The van der Waals surface area contributed by atoms with Crippen molar-refractivity contribution in [1.29, 1.82) is 0 Å². The molecule has 1 aromatic carbocycles. The fourth-order valence-electron chi connectivity index (χ4n) is 1.88. The first-order valence-electron chi connectivity index (χ1n) is 6.74. The van der Waals surface area contributed by atoms with E-state index in [2.05, 4.69) is 10.6 Å². The van der Waals surface area contributed by atoms with E-state index < -0.39 is 10.0 Å². The normalized spacial score (nSPS) is 14.5. The van der Waals surface area contributed by atoms with Crippen LogP contribution in [0.1, 0.15) is 12.8 Å². The molecule has 22 heavy (non-hydrogen) atoms. The molecule has 9 heteroatoms. The number of hydrogen-bond acceptors (Lipinski definition) is 3. The van der Waals surface area contributed by atoms with Crippen molar-refractivity contribution in [2.75, 3.05) is 23.7 Å². The lowest BCUT2D eigenvalue weighted by molar-refractivity contribution is 0.241. The third-order valence-corrected chi connectivity index (χ3v) is 4.81. The Balaban J connectivity index is 2.02. The molecule has 6 nitrogen and oxygen atoms in total. The average molecular weight is 366 g/mol. The van der Waals surface area contributed by atoms with Crippen molar-refractivity contribution in [3.8, 4) is 0 Å². The van der Waals surface area contributed by atoms with Gasteiger partial charge in [-0.15, -0.1) is 0 Å². The van der Waals surface area contributed by atoms with Crippen molar-refractivity contribution in [2.45, 2.75) is 18.9 Å². The van der Waals surface area contributed by atoms with Gasteiger partial charge in [-0.05, 0) is 31.0 Å². The number of amides is 2. The van der Waals surface area contributed by atoms with Crippen molar-refractivity contribution < 1.29 is 13.2 Å². The highest BCUT2D eigenvalue weighted by molar-refractivity contribution is 7.92. The predicted molar refractivity (Wildman–Crippen MR) is 88.2 cm³/mol. The van der Waals surface area contributed by atoms with Crippen LogP contribution in [0.4, 0.5) is 10.5 Å². The number of nitrogens with one attached hydrogen (secondary N) is 2. The molecular formula is C13H17Cl2N3O3S. The molecule has 122 valence electrons. The van der Waals surface area contributed by atoms with Crippen molar-refractivity contribution in [2.24, 2.45) is 0 Å². The summed E-state index contributed by atoms with van der Waals surface area (Å²) in [4.78, 5) is 11.5. The number of benzene rings is 1. The topological polar surface area (TPSA) is 78.5 Å². The van der Waals surface area contributed by atoms with Gasteiger partial charge in [0.05, 0.1) is 23.5 Å². The molecule has 0 aromatic heterocycles. The van der Waals surface area contributed by atoms with Gasteiger partial charge in [-0.2, -0.15) is 0 Å². The standard InChI is InChI=1S/C13H17Cl2N3O3S/c1-22(20,21)18(12-5-2-9(14)8-11(12)15)7-6-16-13(19)17-10-3-4-10/h2,5,8,10H,3-4,6-7H2,1H3,(H2,16,17,19). The molecule has 0 aliphatic heterocycles. The molecule has 2 N–H and O–H groups in total. The quantitative estimate of drug-likeness (QED) is 0.810. The van der Waals surface area contributed by atoms with E-state index >= 15 is 0 Å². The summed E-state index contributed by atoms with van der Waals surface area (Å²) in [5, 5.41) is 6.05. The molecule has 0 spiro atoms. The Morgan fingerprint density at radius 1 is 1.36 bits per heavy atom. The molecule has 2 amide bonds. The Labute approximate surface area is 139 Å².